The second-order valence-electron chi connectivity index (χ2n) is 3.47. The van der Waals surface area contributed by atoms with Crippen molar-refractivity contribution in [1.82, 2.24) is 9.55 Å². The van der Waals surface area contributed by atoms with Crippen molar-refractivity contribution in [3.63, 3.8) is 0 Å². The standard InChI is InChI=1S/C12H15N3/c13-10-12-5-3-8-15(12)9-6-11-4-1-2-7-14-11/h1-5,7-8H,6,9-10,13H2. The van der Waals surface area contributed by atoms with Gasteiger partial charge in [-0.3, -0.25) is 4.98 Å². The second-order valence-corrected chi connectivity index (χ2v) is 3.47. The molecule has 3 heteroatoms. The summed E-state index contributed by atoms with van der Waals surface area (Å²) in [6, 6.07) is 10.1. The summed E-state index contributed by atoms with van der Waals surface area (Å²) in [6.07, 6.45) is 4.84. The predicted octanol–water partition coefficient (Wildman–Crippen LogP) is 1.58. The van der Waals surface area contributed by atoms with Crippen LogP contribution in [-0.4, -0.2) is 9.55 Å². The van der Waals surface area contributed by atoms with Crippen molar-refractivity contribution in [2.75, 3.05) is 0 Å². The minimum absolute atomic E-state index is 0.592. The van der Waals surface area contributed by atoms with Crippen LogP contribution in [0.5, 0.6) is 0 Å². The lowest BCUT2D eigenvalue weighted by Gasteiger charge is -2.06. The zero-order valence-corrected chi connectivity index (χ0v) is 8.63. The van der Waals surface area contributed by atoms with Crippen molar-refractivity contribution in [3.05, 3.63) is 54.1 Å². The van der Waals surface area contributed by atoms with E-state index in [-0.39, 0.29) is 0 Å². The Balaban J connectivity index is 1.99. The van der Waals surface area contributed by atoms with Crippen LogP contribution < -0.4 is 5.73 Å². The molecule has 0 atom stereocenters. The molecule has 2 heterocycles. The Bertz CT molecular complexity index is 406. The van der Waals surface area contributed by atoms with Crippen LogP contribution in [0.3, 0.4) is 0 Å². The van der Waals surface area contributed by atoms with E-state index in [1.54, 1.807) is 0 Å². The number of aromatic nitrogens is 2. The molecule has 2 rings (SSSR count). The summed E-state index contributed by atoms with van der Waals surface area (Å²) in [5.74, 6) is 0. The van der Waals surface area contributed by atoms with E-state index in [1.807, 2.05) is 30.5 Å². The van der Waals surface area contributed by atoms with Crippen molar-refractivity contribution in [3.8, 4) is 0 Å². The lowest BCUT2D eigenvalue weighted by atomic mass is 10.2. The Morgan fingerprint density at radius 3 is 2.87 bits per heavy atom. The molecule has 0 unspecified atom stereocenters. The maximum absolute atomic E-state index is 5.63. The fraction of sp³-hybridized carbons (Fsp3) is 0.250. The fourth-order valence-electron chi connectivity index (χ4n) is 1.63. The van der Waals surface area contributed by atoms with Gasteiger partial charge in [0.1, 0.15) is 0 Å². The van der Waals surface area contributed by atoms with E-state index in [0.29, 0.717) is 6.54 Å². The molecule has 0 saturated carbocycles. The molecule has 78 valence electrons. The third kappa shape index (κ3) is 2.44. The number of rotatable bonds is 4. The molecule has 0 aliphatic carbocycles. The van der Waals surface area contributed by atoms with Crippen LogP contribution in [0.15, 0.2) is 42.7 Å². The lowest BCUT2D eigenvalue weighted by Crippen LogP contribution is -2.08. The van der Waals surface area contributed by atoms with Gasteiger partial charge < -0.3 is 10.3 Å². The molecule has 0 radical (unpaired) electrons. The van der Waals surface area contributed by atoms with Crippen LogP contribution in [0, 0.1) is 0 Å². The second kappa shape index (κ2) is 4.75. The Labute approximate surface area is 89.6 Å². The fourth-order valence-corrected chi connectivity index (χ4v) is 1.63. The van der Waals surface area contributed by atoms with Gasteiger partial charge in [-0.1, -0.05) is 6.07 Å². The zero-order valence-electron chi connectivity index (χ0n) is 8.63. The number of pyridine rings is 1. The lowest BCUT2D eigenvalue weighted by molar-refractivity contribution is 0.655. The number of aryl methyl sites for hydroxylation is 2. The average molecular weight is 201 g/mol. The summed E-state index contributed by atoms with van der Waals surface area (Å²) in [4.78, 5) is 4.29. The van der Waals surface area contributed by atoms with Crippen LogP contribution >= 0.6 is 0 Å². The van der Waals surface area contributed by atoms with Crippen molar-refractivity contribution >= 4 is 0 Å². The first-order valence-corrected chi connectivity index (χ1v) is 5.14. The van der Waals surface area contributed by atoms with Gasteiger partial charge in [0.25, 0.3) is 0 Å². The number of nitrogens with two attached hydrogens (primary N) is 1. The summed E-state index contributed by atoms with van der Waals surface area (Å²) < 4.78 is 2.18. The van der Waals surface area contributed by atoms with E-state index in [0.717, 1.165) is 18.7 Å². The topological polar surface area (TPSA) is 43.8 Å². The molecule has 0 fully saturated rings. The van der Waals surface area contributed by atoms with Crippen LogP contribution in [0.4, 0.5) is 0 Å². The maximum atomic E-state index is 5.63. The first-order valence-electron chi connectivity index (χ1n) is 5.14. The molecule has 0 aromatic carbocycles. The third-order valence-electron chi connectivity index (χ3n) is 2.47. The van der Waals surface area contributed by atoms with Gasteiger partial charge in [0.05, 0.1) is 0 Å². The van der Waals surface area contributed by atoms with Crippen molar-refractivity contribution < 1.29 is 0 Å². The van der Waals surface area contributed by atoms with Crippen LogP contribution in [0.25, 0.3) is 0 Å². The Kier molecular flexibility index (Phi) is 3.15. The molecule has 0 amide bonds. The third-order valence-corrected chi connectivity index (χ3v) is 2.47. The van der Waals surface area contributed by atoms with Gasteiger partial charge in [-0.15, -0.1) is 0 Å². The Morgan fingerprint density at radius 1 is 1.20 bits per heavy atom. The molecule has 0 aliphatic rings. The van der Waals surface area contributed by atoms with E-state index >= 15 is 0 Å². The molecule has 15 heavy (non-hydrogen) atoms. The highest BCUT2D eigenvalue weighted by Crippen LogP contribution is 2.03. The van der Waals surface area contributed by atoms with Gasteiger partial charge in [-0.05, 0) is 24.3 Å². The van der Waals surface area contributed by atoms with E-state index in [9.17, 15) is 0 Å². The van der Waals surface area contributed by atoms with Crippen molar-refractivity contribution in [2.24, 2.45) is 5.73 Å². The zero-order chi connectivity index (χ0) is 10.5. The normalized spacial score (nSPS) is 10.5. The van der Waals surface area contributed by atoms with Crippen molar-refractivity contribution in [2.45, 2.75) is 19.5 Å². The molecule has 0 spiro atoms. The summed E-state index contributed by atoms with van der Waals surface area (Å²) in [5.41, 5.74) is 7.92. The van der Waals surface area contributed by atoms with Gasteiger partial charge in [0.2, 0.25) is 0 Å². The summed E-state index contributed by atoms with van der Waals surface area (Å²) in [5, 5.41) is 0. The smallest absolute Gasteiger partial charge is 0.0421 e. The van der Waals surface area contributed by atoms with Crippen LogP contribution in [0.1, 0.15) is 11.4 Å². The van der Waals surface area contributed by atoms with Gasteiger partial charge in [-0.2, -0.15) is 0 Å². The molecule has 3 nitrogen and oxygen atoms in total. The first kappa shape index (κ1) is 9.93. The molecular weight excluding hydrogens is 186 g/mol. The highest BCUT2D eigenvalue weighted by atomic mass is 15.0. The predicted molar refractivity (Wildman–Crippen MR) is 60.3 cm³/mol. The van der Waals surface area contributed by atoms with Crippen LogP contribution in [0.2, 0.25) is 0 Å². The Morgan fingerprint density at radius 2 is 2.13 bits per heavy atom. The highest BCUT2D eigenvalue weighted by molar-refractivity contribution is 5.08. The van der Waals surface area contributed by atoms with Gasteiger partial charge in [0, 0.05) is 43.3 Å². The number of hydrogen-bond acceptors (Lipinski definition) is 2. The number of hydrogen-bond donors (Lipinski definition) is 1. The summed E-state index contributed by atoms with van der Waals surface area (Å²) >= 11 is 0. The molecule has 2 aromatic heterocycles. The molecule has 2 aromatic rings. The van der Waals surface area contributed by atoms with E-state index in [2.05, 4.69) is 21.8 Å². The largest absolute Gasteiger partial charge is 0.350 e. The summed E-state index contributed by atoms with van der Waals surface area (Å²) in [7, 11) is 0. The molecule has 2 N–H and O–H groups in total. The van der Waals surface area contributed by atoms with Gasteiger partial charge >= 0.3 is 0 Å². The average Bonchev–Trinajstić information content (AvgIpc) is 2.75. The molecule has 0 aliphatic heterocycles. The summed E-state index contributed by atoms with van der Waals surface area (Å²) in [6.45, 7) is 1.53. The highest BCUT2D eigenvalue weighted by Gasteiger charge is 1.99. The van der Waals surface area contributed by atoms with Gasteiger partial charge in [-0.25, -0.2) is 0 Å². The molecule has 0 bridgehead atoms. The minimum Gasteiger partial charge on any atom is -0.350 e. The van der Waals surface area contributed by atoms with E-state index < -0.39 is 0 Å². The van der Waals surface area contributed by atoms with Crippen molar-refractivity contribution in [1.29, 1.82) is 0 Å². The maximum Gasteiger partial charge on any atom is 0.0421 e. The van der Waals surface area contributed by atoms with Gasteiger partial charge in [0.15, 0.2) is 0 Å². The molecular formula is C12H15N3. The van der Waals surface area contributed by atoms with E-state index in [1.165, 1.54) is 5.69 Å². The van der Waals surface area contributed by atoms with Crippen LogP contribution in [-0.2, 0) is 19.5 Å². The Hall–Kier alpha value is -1.61. The quantitative estimate of drug-likeness (QED) is 0.816. The molecule has 0 saturated heterocycles. The van der Waals surface area contributed by atoms with E-state index in [4.69, 9.17) is 5.73 Å². The monoisotopic (exact) mass is 201 g/mol. The first-order chi connectivity index (χ1) is 7.40. The number of nitrogens with zero attached hydrogens (tertiary/aromatic N) is 2. The minimum atomic E-state index is 0.592. The SMILES string of the molecule is NCc1cccn1CCc1ccccn1.